The van der Waals surface area contributed by atoms with Crippen LogP contribution in [0.1, 0.15) is 35.3 Å². The van der Waals surface area contributed by atoms with Gasteiger partial charge in [-0.1, -0.05) is 13.8 Å². The summed E-state index contributed by atoms with van der Waals surface area (Å²) in [7, 11) is 3.11. The maximum Gasteiger partial charge on any atom is 0.356 e. The van der Waals surface area contributed by atoms with Crippen molar-refractivity contribution in [3.8, 4) is 21.9 Å². The zero-order valence-electron chi connectivity index (χ0n) is 12.3. The Morgan fingerprint density at radius 1 is 1.29 bits per heavy atom. The first kappa shape index (κ1) is 15.3. The Labute approximate surface area is 127 Å². The zero-order valence-corrected chi connectivity index (χ0v) is 13.2. The highest BCUT2D eigenvalue weighted by Crippen LogP contribution is 2.40. The van der Waals surface area contributed by atoms with Crippen molar-refractivity contribution in [2.75, 3.05) is 14.2 Å². The summed E-state index contributed by atoms with van der Waals surface area (Å²) in [4.78, 5) is 16.3. The van der Waals surface area contributed by atoms with Gasteiger partial charge in [-0.05, 0) is 12.1 Å². The minimum atomic E-state index is -1.04. The molecule has 0 radical (unpaired) electrons. The first-order valence-electron chi connectivity index (χ1n) is 6.44. The van der Waals surface area contributed by atoms with E-state index in [0.717, 1.165) is 5.01 Å². The fourth-order valence-corrected chi connectivity index (χ4v) is 2.99. The van der Waals surface area contributed by atoms with Crippen molar-refractivity contribution in [1.29, 1.82) is 0 Å². The smallest absolute Gasteiger partial charge is 0.356 e. The lowest BCUT2D eigenvalue weighted by Crippen LogP contribution is -2.00. The summed E-state index contributed by atoms with van der Waals surface area (Å²) in [5, 5.41) is 10.2. The topological polar surface area (TPSA) is 68.7 Å². The van der Waals surface area contributed by atoms with E-state index in [2.05, 4.69) is 4.98 Å². The molecule has 0 aliphatic rings. The van der Waals surface area contributed by atoms with Crippen LogP contribution in [0.5, 0.6) is 11.5 Å². The van der Waals surface area contributed by atoms with Gasteiger partial charge in [0.1, 0.15) is 11.5 Å². The van der Waals surface area contributed by atoms with Gasteiger partial charge in [-0.3, -0.25) is 0 Å². The molecule has 112 valence electrons. The van der Waals surface area contributed by atoms with E-state index in [1.807, 2.05) is 13.8 Å². The van der Waals surface area contributed by atoms with E-state index >= 15 is 0 Å². The van der Waals surface area contributed by atoms with Crippen LogP contribution in [0.2, 0.25) is 0 Å². The van der Waals surface area contributed by atoms with E-state index in [1.165, 1.54) is 11.3 Å². The summed E-state index contributed by atoms with van der Waals surface area (Å²) in [5.41, 5.74) is 0.771. The average molecular weight is 307 g/mol. The van der Waals surface area contributed by atoms with Crippen LogP contribution in [0, 0.1) is 0 Å². The highest BCUT2D eigenvalue weighted by atomic mass is 32.1. The number of benzene rings is 1. The molecule has 21 heavy (non-hydrogen) atoms. The molecule has 1 N–H and O–H groups in total. The molecule has 0 aliphatic carbocycles. The quantitative estimate of drug-likeness (QED) is 0.913. The first-order valence-corrected chi connectivity index (χ1v) is 7.26. The van der Waals surface area contributed by atoms with Crippen LogP contribution >= 0.6 is 11.3 Å². The van der Waals surface area contributed by atoms with E-state index in [9.17, 15) is 9.90 Å². The van der Waals surface area contributed by atoms with Crippen molar-refractivity contribution in [2.45, 2.75) is 19.8 Å². The van der Waals surface area contributed by atoms with Crippen molar-refractivity contribution >= 4 is 17.3 Å². The molecule has 0 bridgehead atoms. The second-order valence-corrected chi connectivity index (χ2v) is 5.79. The summed E-state index contributed by atoms with van der Waals surface area (Å²) < 4.78 is 10.5. The van der Waals surface area contributed by atoms with Crippen LogP contribution in [0.4, 0.5) is 0 Å². The normalized spacial score (nSPS) is 10.7. The molecule has 2 aromatic rings. The predicted molar refractivity (Wildman–Crippen MR) is 81.7 cm³/mol. The van der Waals surface area contributed by atoms with E-state index in [1.54, 1.807) is 32.4 Å². The van der Waals surface area contributed by atoms with Crippen molar-refractivity contribution in [1.82, 2.24) is 4.98 Å². The number of aromatic carboxylic acids is 1. The molecule has 0 amide bonds. The molecule has 0 fully saturated rings. The van der Waals surface area contributed by atoms with Gasteiger partial charge in [0.05, 0.1) is 24.1 Å². The van der Waals surface area contributed by atoms with Crippen LogP contribution in [0.25, 0.3) is 10.4 Å². The predicted octanol–water partition coefficient (Wildman–Crippen LogP) is 3.65. The monoisotopic (exact) mass is 307 g/mol. The average Bonchev–Trinajstić information content (AvgIpc) is 2.91. The summed E-state index contributed by atoms with van der Waals surface area (Å²) in [6, 6.07) is 5.30. The third-order valence-corrected chi connectivity index (χ3v) is 4.38. The number of rotatable bonds is 5. The van der Waals surface area contributed by atoms with E-state index in [-0.39, 0.29) is 11.6 Å². The molecule has 0 atom stereocenters. The molecular formula is C15H17NO4S. The lowest BCUT2D eigenvalue weighted by atomic mass is 10.1. The maximum atomic E-state index is 11.4. The van der Waals surface area contributed by atoms with Gasteiger partial charge in [0.2, 0.25) is 0 Å². The highest BCUT2D eigenvalue weighted by Gasteiger charge is 2.22. The van der Waals surface area contributed by atoms with Gasteiger partial charge >= 0.3 is 5.97 Å². The molecule has 1 aromatic heterocycles. The first-order chi connectivity index (χ1) is 9.97. The standard InChI is InChI=1S/C15H17NO4S/c1-8(2)14-16-12(15(17)18)13(21-14)10-6-5-9(19-3)7-11(10)20-4/h5-8H,1-4H3,(H,17,18). The van der Waals surface area contributed by atoms with Crippen molar-refractivity contribution in [3.05, 3.63) is 28.9 Å². The molecule has 1 aromatic carbocycles. The largest absolute Gasteiger partial charge is 0.497 e. The van der Waals surface area contributed by atoms with Gasteiger partial charge in [0, 0.05) is 17.5 Å². The number of ether oxygens (including phenoxy) is 2. The minimum Gasteiger partial charge on any atom is -0.497 e. The number of nitrogens with zero attached hydrogens (tertiary/aromatic N) is 1. The Morgan fingerprint density at radius 2 is 2.00 bits per heavy atom. The number of carbonyl (C=O) groups is 1. The molecule has 0 unspecified atom stereocenters. The van der Waals surface area contributed by atoms with Crippen LogP contribution in [0.3, 0.4) is 0 Å². The minimum absolute atomic E-state index is 0.0622. The van der Waals surface area contributed by atoms with Gasteiger partial charge < -0.3 is 14.6 Å². The lowest BCUT2D eigenvalue weighted by Gasteiger charge is -2.09. The van der Waals surface area contributed by atoms with Crippen LogP contribution in [-0.2, 0) is 0 Å². The Kier molecular flexibility index (Phi) is 4.47. The second kappa shape index (κ2) is 6.13. The molecule has 0 spiro atoms. The van der Waals surface area contributed by atoms with Crippen LogP contribution in [0.15, 0.2) is 18.2 Å². The number of methoxy groups -OCH3 is 2. The molecule has 2 rings (SSSR count). The molecule has 0 saturated carbocycles. The van der Waals surface area contributed by atoms with E-state index in [4.69, 9.17) is 9.47 Å². The van der Waals surface area contributed by atoms with Gasteiger partial charge in [-0.15, -0.1) is 11.3 Å². The van der Waals surface area contributed by atoms with Crippen molar-refractivity contribution in [2.24, 2.45) is 0 Å². The van der Waals surface area contributed by atoms with Gasteiger partial charge in [-0.2, -0.15) is 0 Å². The van der Waals surface area contributed by atoms with Crippen molar-refractivity contribution < 1.29 is 19.4 Å². The van der Waals surface area contributed by atoms with E-state index in [0.29, 0.717) is 21.9 Å². The molecule has 5 nitrogen and oxygen atoms in total. The Balaban J connectivity index is 2.62. The molecular weight excluding hydrogens is 290 g/mol. The third-order valence-electron chi connectivity index (χ3n) is 2.99. The summed E-state index contributed by atoms with van der Waals surface area (Å²) in [6.07, 6.45) is 0. The van der Waals surface area contributed by atoms with Gasteiger partial charge in [0.15, 0.2) is 5.69 Å². The Morgan fingerprint density at radius 3 is 2.52 bits per heavy atom. The molecule has 0 aliphatic heterocycles. The fourth-order valence-electron chi connectivity index (χ4n) is 1.90. The number of aromatic nitrogens is 1. The van der Waals surface area contributed by atoms with Gasteiger partial charge in [-0.25, -0.2) is 9.78 Å². The second-order valence-electron chi connectivity index (χ2n) is 4.76. The number of thiazole rings is 1. The number of carboxylic acids is 1. The fraction of sp³-hybridized carbons (Fsp3) is 0.333. The SMILES string of the molecule is COc1ccc(-c2sc(C(C)C)nc2C(=O)O)c(OC)c1. The molecule has 6 heteroatoms. The molecule has 1 heterocycles. The lowest BCUT2D eigenvalue weighted by molar-refractivity contribution is 0.0692. The number of hydrogen-bond acceptors (Lipinski definition) is 5. The molecule has 0 saturated heterocycles. The van der Waals surface area contributed by atoms with Crippen molar-refractivity contribution in [3.63, 3.8) is 0 Å². The Bertz CT molecular complexity index is 664. The van der Waals surface area contributed by atoms with Crippen LogP contribution in [-0.4, -0.2) is 30.3 Å². The van der Waals surface area contributed by atoms with Gasteiger partial charge in [0.25, 0.3) is 0 Å². The summed E-state index contributed by atoms with van der Waals surface area (Å²) >= 11 is 1.38. The Hall–Kier alpha value is -2.08. The zero-order chi connectivity index (χ0) is 15.6. The number of hydrogen-bond donors (Lipinski definition) is 1. The van der Waals surface area contributed by atoms with Crippen LogP contribution < -0.4 is 9.47 Å². The maximum absolute atomic E-state index is 11.4. The third kappa shape index (κ3) is 3.00. The van der Waals surface area contributed by atoms with E-state index < -0.39 is 5.97 Å². The summed E-state index contributed by atoms with van der Waals surface area (Å²) in [6.45, 7) is 3.97. The summed E-state index contributed by atoms with van der Waals surface area (Å²) in [5.74, 6) is 0.356. The highest BCUT2D eigenvalue weighted by molar-refractivity contribution is 7.15. The number of carboxylic acid groups (broad SMARTS) is 1.